The topological polar surface area (TPSA) is 39.1 Å². The number of rotatable bonds is 7. The van der Waals surface area contributed by atoms with Gasteiger partial charge in [-0.05, 0) is 50.8 Å². The molecule has 1 fully saturated rings. The Hall–Kier alpha value is -1.60. The molecule has 0 amide bonds. The van der Waals surface area contributed by atoms with E-state index in [4.69, 9.17) is 0 Å². The third-order valence-electron chi connectivity index (χ3n) is 3.77. The molecule has 0 saturated heterocycles. The Labute approximate surface area is 120 Å². The van der Waals surface area contributed by atoms with E-state index in [9.17, 15) is 9.65 Å². The number of hydrogen-bond donors (Lipinski definition) is 1. The van der Waals surface area contributed by atoms with Crippen molar-refractivity contribution in [2.75, 3.05) is 18.5 Å². The van der Waals surface area contributed by atoms with E-state index >= 15 is 0 Å². The first-order valence-electron chi connectivity index (χ1n) is 7.18. The van der Waals surface area contributed by atoms with Crippen LogP contribution < -0.4 is 10.2 Å². The molecule has 1 aliphatic rings. The Morgan fingerprint density at radius 3 is 2.85 bits per heavy atom. The van der Waals surface area contributed by atoms with Gasteiger partial charge in [0.15, 0.2) is 0 Å². The first kappa shape index (κ1) is 14.8. The minimum Gasteiger partial charge on any atom is -0.375 e. The van der Waals surface area contributed by atoms with E-state index in [1.165, 1.54) is 25.0 Å². The van der Waals surface area contributed by atoms with E-state index in [1.807, 2.05) is 24.9 Å². The lowest BCUT2D eigenvalue weighted by Crippen LogP contribution is -2.42. The van der Waals surface area contributed by atoms with Crippen LogP contribution in [0.25, 0.3) is 0 Å². The van der Waals surface area contributed by atoms with E-state index in [0.717, 1.165) is 25.1 Å². The smallest absolute Gasteiger partial charge is 0.125 e. The van der Waals surface area contributed by atoms with Crippen molar-refractivity contribution in [2.24, 2.45) is 0 Å². The van der Waals surface area contributed by atoms with Crippen LogP contribution in [0, 0.1) is 17.1 Å². The quantitative estimate of drug-likeness (QED) is 0.831. The number of nitrogens with one attached hydrogen (secondary N) is 1. The minimum atomic E-state index is -0.441. The maximum atomic E-state index is 13.2. The molecule has 20 heavy (non-hydrogen) atoms. The predicted octanol–water partition coefficient (Wildman–Crippen LogP) is 3.08. The van der Waals surface area contributed by atoms with Crippen molar-refractivity contribution in [3.63, 3.8) is 0 Å². The van der Waals surface area contributed by atoms with Gasteiger partial charge < -0.3 is 4.90 Å². The van der Waals surface area contributed by atoms with Crippen LogP contribution in [0.1, 0.15) is 32.6 Å². The molecule has 1 N–H and O–H groups in total. The van der Waals surface area contributed by atoms with Crippen LogP contribution in [0.15, 0.2) is 24.3 Å². The molecule has 0 radical (unpaired) electrons. The Morgan fingerprint density at radius 1 is 1.50 bits per heavy atom. The second-order valence-corrected chi connectivity index (χ2v) is 5.87. The van der Waals surface area contributed by atoms with Crippen molar-refractivity contribution >= 4 is 5.69 Å². The molecule has 1 atom stereocenters. The van der Waals surface area contributed by atoms with Crippen LogP contribution in [-0.4, -0.2) is 25.2 Å². The van der Waals surface area contributed by atoms with Gasteiger partial charge >= 0.3 is 0 Å². The van der Waals surface area contributed by atoms with Crippen molar-refractivity contribution < 1.29 is 4.39 Å². The second-order valence-electron chi connectivity index (χ2n) is 5.87. The van der Waals surface area contributed by atoms with Gasteiger partial charge in [-0.1, -0.05) is 6.07 Å². The molecule has 108 valence electrons. The summed E-state index contributed by atoms with van der Waals surface area (Å²) in [6, 6.07) is 9.51. The highest BCUT2D eigenvalue weighted by atomic mass is 19.1. The van der Waals surface area contributed by atoms with E-state index in [0.29, 0.717) is 6.04 Å². The molecule has 0 spiro atoms. The molecular weight excluding hydrogens is 253 g/mol. The van der Waals surface area contributed by atoms with Crippen molar-refractivity contribution in [2.45, 2.75) is 44.2 Å². The number of hydrogen-bond acceptors (Lipinski definition) is 3. The van der Waals surface area contributed by atoms with Crippen LogP contribution in [0.2, 0.25) is 0 Å². The zero-order chi connectivity index (χ0) is 14.6. The Balaban J connectivity index is 1.81. The molecule has 0 heterocycles. The summed E-state index contributed by atoms with van der Waals surface area (Å²) in [6.45, 7) is 2.78. The van der Waals surface area contributed by atoms with Crippen LogP contribution in [0.4, 0.5) is 10.1 Å². The highest BCUT2D eigenvalue weighted by Gasteiger charge is 2.31. The van der Waals surface area contributed by atoms with E-state index < -0.39 is 5.54 Å². The lowest BCUT2D eigenvalue weighted by Gasteiger charge is -2.25. The summed E-state index contributed by atoms with van der Waals surface area (Å²) in [7, 11) is 1.95. The van der Waals surface area contributed by atoms with Crippen molar-refractivity contribution in [3.8, 4) is 6.07 Å². The fourth-order valence-corrected chi connectivity index (χ4v) is 2.35. The zero-order valence-corrected chi connectivity index (χ0v) is 12.2. The van der Waals surface area contributed by atoms with Gasteiger partial charge in [-0.15, -0.1) is 0 Å². The Kier molecular flexibility index (Phi) is 4.61. The largest absolute Gasteiger partial charge is 0.375 e. The first-order chi connectivity index (χ1) is 9.52. The summed E-state index contributed by atoms with van der Waals surface area (Å²) in [5.74, 6) is -0.216. The highest BCUT2D eigenvalue weighted by Crippen LogP contribution is 2.24. The average molecular weight is 275 g/mol. The second kappa shape index (κ2) is 6.23. The molecular formula is C16H22FN3. The zero-order valence-electron chi connectivity index (χ0n) is 12.2. The van der Waals surface area contributed by atoms with Crippen LogP contribution >= 0.6 is 0 Å². The maximum Gasteiger partial charge on any atom is 0.125 e. The van der Waals surface area contributed by atoms with Gasteiger partial charge in [0.25, 0.3) is 0 Å². The van der Waals surface area contributed by atoms with Gasteiger partial charge in [0.05, 0.1) is 6.07 Å². The van der Waals surface area contributed by atoms with Gasteiger partial charge in [0.1, 0.15) is 11.4 Å². The molecule has 4 heteroatoms. The van der Waals surface area contributed by atoms with Gasteiger partial charge in [0.2, 0.25) is 0 Å². The standard InChI is InChI=1S/C16H22FN3/c1-16(12-18,19-14-7-8-14)9-4-10-20(2)15-6-3-5-13(17)11-15/h3,5-6,11,14,19H,4,7-10H2,1-2H3. The van der Waals surface area contributed by atoms with Crippen molar-refractivity contribution in [1.29, 1.82) is 5.26 Å². The molecule has 2 rings (SSSR count). The van der Waals surface area contributed by atoms with Crippen LogP contribution in [0.5, 0.6) is 0 Å². The van der Waals surface area contributed by atoms with E-state index in [1.54, 1.807) is 6.07 Å². The Bertz CT molecular complexity index is 493. The van der Waals surface area contributed by atoms with Crippen LogP contribution in [-0.2, 0) is 0 Å². The van der Waals surface area contributed by atoms with Gasteiger partial charge in [-0.25, -0.2) is 4.39 Å². The summed E-state index contributed by atoms with van der Waals surface area (Å²) in [6.07, 6.45) is 4.07. The number of anilines is 1. The maximum absolute atomic E-state index is 13.2. The molecule has 3 nitrogen and oxygen atoms in total. The molecule has 0 aromatic heterocycles. The summed E-state index contributed by atoms with van der Waals surface area (Å²) in [5.41, 5.74) is 0.433. The number of halogens is 1. The molecule has 1 saturated carbocycles. The third-order valence-corrected chi connectivity index (χ3v) is 3.77. The average Bonchev–Trinajstić information content (AvgIpc) is 3.22. The molecule has 0 aliphatic heterocycles. The number of nitrogens with zero attached hydrogens (tertiary/aromatic N) is 2. The predicted molar refractivity (Wildman–Crippen MR) is 79.1 cm³/mol. The summed E-state index contributed by atoms with van der Waals surface area (Å²) < 4.78 is 13.2. The normalized spacial score (nSPS) is 17.3. The highest BCUT2D eigenvalue weighted by molar-refractivity contribution is 5.45. The molecule has 1 unspecified atom stereocenters. The lowest BCUT2D eigenvalue weighted by molar-refractivity contribution is 0.404. The number of nitriles is 1. The number of benzene rings is 1. The monoisotopic (exact) mass is 275 g/mol. The molecule has 1 aromatic carbocycles. The van der Waals surface area contributed by atoms with E-state index in [2.05, 4.69) is 11.4 Å². The van der Waals surface area contributed by atoms with Crippen LogP contribution in [0.3, 0.4) is 0 Å². The summed E-state index contributed by atoms with van der Waals surface area (Å²) in [5, 5.41) is 12.7. The van der Waals surface area contributed by atoms with Crippen molar-refractivity contribution in [1.82, 2.24) is 5.32 Å². The Morgan fingerprint density at radius 2 is 2.25 bits per heavy atom. The lowest BCUT2D eigenvalue weighted by atomic mass is 9.97. The fraction of sp³-hybridized carbons (Fsp3) is 0.562. The molecule has 1 aromatic rings. The minimum absolute atomic E-state index is 0.216. The SMILES string of the molecule is CN(CCCC(C)(C#N)NC1CC1)c1cccc(F)c1. The molecule has 0 bridgehead atoms. The third kappa shape index (κ3) is 4.21. The van der Waals surface area contributed by atoms with E-state index in [-0.39, 0.29) is 5.82 Å². The van der Waals surface area contributed by atoms with Gasteiger partial charge in [0, 0.05) is 25.3 Å². The van der Waals surface area contributed by atoms with Gasteiger partial charge in [-0.3, -0.25) is 5.32 Å². The summed E-state index contributed by atoms with van der Waals surface area (Å²) in [4.78, 5) is 2.03. The molecule has 1 aliphatic carbocycles. The summed E-state index contributed by atoms with van der Waals surface area (Å²) >= 11 is 0. The van der Waals surface area contributed by atoms with Gasteiger partial charge in [-0.2, -0.15) is 5.26 Å². The first-order valence-corrected chi connectivity index (χ1v) is 7.18. The fourth-order valence-electron chi connectivity index (χ4n) is 2.35. The van der Waals surface area contributed by atoms with Crippen molar-refractivity contribution in [3.05, 3.63) is 30.1 Å².